The summed E-state index contributed by atoms with van der Waals surface area (Å²) in [6, 6.07) is 0. The average Bonchev–Trinajstić information content (AvgIpc) is 2.35. The number of carbonyl (C=O) groups is 1. The second-order valence-corrected chi connectivity index (χ2v) is 6.20. The number of carbonyl (C=O) groups excluding carboxylic acids is 1. The van der Waals surface area contributed by atoms with Gasteiger partial charge < -0.3 is 0 Å². The van der Waals surface area contributed by atoms with Crippen LogP contribution >= 0.6 is 0 Å². The molecule has 2 bridgehead atoms. The number of hydrogen-bond donors (Lipinski definition) is 0. The third-order valence-corrected chi connectivity index (χ3v) is 4.65. The smallest absolute Gasteiger partial charge is 0.292 e. The van der Waals surface area contributed by atoms with Gasteiger partial charge in [0.05, 0.1) is 5.92 Å². The highest BCUT2D eigenvalue weighted by molar-refractivity contribution is 5.72. The molecule has 0 N–H and O–H groups in total. The Morgan fingerprint density at radius 2 is 2.00 bits per heavy atom. The molecule has 0 amide bonds. The van der Waals surface area contributed by atoms with Crippen LogP contribution in [0.5, 0.6) is 0 Å². The molecule has 1 atom stereocenters. The summed E-state index contributed by atoms with van der Waals surface area (Å²) in [5.41, 5.74) is 0. The molecule has 20 heavy (non-hydrogen) atoms. The molecule has 1 aliphatic carbocycles. The first-order chi connectivity index (χ1) is 9.52. The SMILES string of the molecule is CCCCCCC1CCC(F)(F)OOC(=O)C2CC1C2. The predicted molar refractivity (Wildman–Crippen MR) is 69.8 cm³/mol. The van der Waals surface area contributed by atoms with Crippen LogP contribution in [0.1, 0.15) is 64.7 Å². The molecule has 3 nitrogen and oxygen atoms in total. The van der Waals surface area contributed by atoms with Gasteiger partial charge in [-0.25, -0.2) is 4.79 Å². The van der Waals surface area contributed by atoms with E-state index in [9.17, 15) is 13.6 Å². The van der Waals surface area contributed by atoms with E-state index in [1.165, 1.54) is 12.8 Å². The molecule has 5 heteroatoms. The normalized spacial score (nSPS) is 33.1. The van der Waals surface area contributed by atoms with Crippen LogP contribution in [0.2, 0.25) is 0 Å². The molecule has 3 rings (SSSR count). The summed E-state index contributed by atoms with van der Waals surface area (Å²) in [4.78, 5) is 19.7. The number of unbranched alkanes of at least 4 members (excludes halogenated alkanes) is 3. The molecule has 2 saturated heterocycles. The maximum atomic E-state index is 13.4. The summed E-state index contributed by atoms with van der Waals surface area (Å²) in [7, 11) is 0. The van der Waals surface area contributed by atoms with Crippen molar-refractivity contribution in [2.45, 2.75) is 70.8 Å². The molecule has 0 aromatic heterocycles. The fourth-order valence-electron chi connectivity index (χ4n) is 3.25. The molecule has 0 aromatic rings. The van der Waals surface area contributed by atoms with Crippen LogP contribution in [0, 0.1) is 17.8 Å². The number of rotatable bonds is 5. The molecule has 1 saturated carbocycles. The lowest BCUT2D eigenvalue weighted by Gasteiger charge is -2.40. The highest BCUT2D eigenvalue weighted by Gasteiger charge is 2.44. The van der Waals surface area contributed by atoms with Gasteiger partial charge in [-0.05, 0) is 31.1 Å². The number of hydrogen-bond acceptors (Lipinski definition) is 3. The van der Waals surface area contributed by atoms with Crippen molar-refractivity contribution in [1.29, 1.82) is 0 Å². The predicted octanol–water partition coefficient (Wildman–Crippen LogP) is 4.46. The molecule has 0 aromatic carbocycles. The van der Waals surface area contributed by atoms with Gasteiger partial charge in [0.15, 0.2) is 0 Å². The summed E-state index contributed by atoms with van der Waals surface area (Å²) >= 11 is 0. The lowest BCUT2D eigenvalue weighted by Crippen LogP contribution is -2.39. The zero-order chi connectivity index (χ0) is 14.6. The Hall–Kier alpha value is -0.710. The summed E-state index contributed by atoms with van der Waals surface area (Å²) < 4.78 is 26.8. The average molecular weight is 290 g/mol. The molecule has 1 unspecified atom stereocenters. The molecule has 2 aliphatic heterocycles. The first kappa shape index (κ1) is 15.7. The zero-order valence-corrected chi connectivity index (χ0v) is 12.1. The highest BCUT2D eigenvalue weighted by Crippen LogP contribution is 2.45. The Morgan fingerprint density at radius 1 is 1.25 bits per heavy atom. The minimum atomic E-state index is -3.35. The fraction of sp³-hybridized carbons (Fsp3) is 0.933. The van der Waals surface area contributed by atoms with E-state index in [1.54, 1.807) is 0 Å². The van der Waals surface area contributed by atoms with Crippen molar-refractivity contribution >= 4 is 5.97 Å². The van der Waals surface area contributed by atoms with Crippen molar-refractivity contribution in [1.82, 2.24) is 0 Å². The standard InChI is InChI=1S/C15H24F2O3/c1-2-3-4-5-6-11-7-8-15(16,17)20-19-14(18)13-9-12(11)10-13/h11-13H,2-10H2,1H3. The summed E-state index contributed by atoms with van der Waals surface area (Å²) in [5.74, 6) is -0.175. The molecule has 0 spiro atoms. The lowest BCUT2D eigenvalue weighted by atomic mass is 9.66. The van der Waals surface area contributed by atoms with Crippen molar-refractivity contribution in [2.24, 2.45) is 17.8 Å². The van der Waals surface area contributed by atoms with Crippen molar-refractivity contribution in [3.05, 3.63) is 0 Å². The maximum absolute atomic E-state index is 13.4. The highest BCUT2D eigenvalue weighted by atomic mass is 19.3. The zero-order valence-electron chi connectivity index (χ0n) is 12.1. The quantitative estimate of drug-likeness (QED) is 0.554. The second kappa shape index (κ2) is 6.83. The van der Waals surface area contributed by atoms with E-state index in [-0.39, 0.29) is 12.3 Å². The van der Waals surface area contributed by atoms with E-state index in [2.05, 4.69) is 16.7 Å². The van der Waals surface area contributed by atoms with Crippen molar-refractivity contribution in [2.75, 3.05) is 0 Å². The molecule has 3 fully saturated rings. The Labute approximate surface area is 118 Å². The van der Waals surface area contributed by atoms with E-state index in [1.807, 2.05) is 0 Å². The topological polar surface area (TPSA) is 35.5 Å². The summed E-state index contributed by atoms with van der Waals surface area (Å²) in [6.07, 6.45) is 3.91. The van der Waals surface area contributed by atoms with Gasteiger partial charge in [-0.1, -0.05) is 39.0 Å². The lowest BCUT2D eigenvalue weighted by molar-refractivity contribution is -0.420. The Bertz CT molecular complexity index is 327. The number of fused-ring (bicyclic) bond motifs is 6. The number of halogens is 2. The fourth-order valence-corrected chi connectivity index (χ4v) is 3.25. The third-order valence-electron chi connectivity index (χ3n) is 4.65. The van der Waals surface area contributed by atoms with E-state index in [0.717, 1.165) is 32.1 Å². The minimum absolute atomic E-state index is 0.243. The monoisotopic (exact) mass is 290 g/mol. The Morgan fingerprint density at radius 3 is 2.70 bits per heavy atom. The van der Waals surface area contributed by atoms with Gasteiger partial charge in [0.1, 0.15) is 0 Å². The molecule has 116 valence electrons. The third kappa shape index (κ3) is 4.14. The summed E-state index contributed by atoms with van der Waals surface area (Å²) in [5, 5.41) is 0. The van der Waals surface area contributed by atoms with E-state index in [4.69, 9.17) is 0 Å². The molecule has 3 aliphatic rings. The van der Waals surface area contributed by atoms with Gasteiger partial charge in [0.2, 0.25) is 0 Å². The van der Waals surface area contributed by atoms with Gasteiger partial charge in [-0.2, -0.15) is 8.78 Å². The second-order valence-electron chi connectivity index (χ2n) is 6.20. The van der Waals surface area contributed by atoms with Crippen LogP contribution in [0.4, 0.5) is 8.78 Å². The van der Waals surface area contributed by atoms with Gasteiger partial charge in [0, 0.05) is 6.42 Å². The van der Waals surface area contributed by atoms with Crippen molar-refractivity contribution in [3.8, 4) is 0 Å². The van der Waals surface area contributed by atoms with Crippen molar-refractivity contribution < 1.29 is 23.4 Å². The maximum Gasteiger partial charge on any atom is 0.391 e. The van der Waals surface area contributed by atoms with Crippen LogP contribution in [0.3, 0.4) is 0 Å². The van der Waals surface area contributed by atoms with Gasteiger partial charge >= 0.3 is 12.1 Å². The van der Waals surface area contributed by atoms with Crippen LogP contribution in [0.25, 0.3) is 0 Å². The molecule has 0 radical (unpaired) electrons. The van der Waals surface area contributed by atoms with Crippen LogP contribution < -0.4 is 0 Å². The molecular weight excluding hydrogens is 266 g/mol. The Kier molecular flexibility index (Phi) is 5.35. The van der Waals surface area contributed by atoms with Crippen LogP contribution in [0.15, 0.2) is 0 Å². The van der Waals surface area contributed by atoms with E-state index >= 15 is 0 Å². The largest absolute Gasteiger partial charge is 0.391 e. The first-order valence-electron chi connectivity index (χ1n) is 7.79. The molecule has 2 heterocycles. The van der Waals surface area contributed by atoms with Crippen LogP contribution in [-0.2, 0) is 14.6 Å². The van der Waals surface area contributed by atoms with Gasteiger partial charge in [-0.3, -0.25) is 4.89 Å². The van der Waals surface area contributed by atoms with Gasteiger partial charge in [0.25, 0.3) is 0 Å². The molecular formula is C15H24F2O3. The summed E-state index contributed by atoms with van der Waals surface area (Å²) in [6.45, 7) is 2.16. The minimum Gasteiger partial charge on any atom is -0.292 e. The van der Waals surface area contributed by atoms with E-state index in [0.29, 0.717) is 18.3 Å². The number of alkyl halides is 2. The van der Waals surface area contributed by atoms with Crippen molar-refractivity contribution in [3.63, 3.8) is 0 Å². The Balaban J connectivity index is 1.88. The van der Waals surface area contributed by atoms with Crippen LogP contribution in [-0.4, -0.2) is 12.1 Å². The van der Waals surface area contributed by atoms with E-state index < -0.39 is 12.1 Å². The first-order valence-corrected chi connectivity index (χ1v) is 7.79. The van der Waals surface area contributed by atoms with Gasteiger partial charge in [-0.15, -0.1) is 4.89 Å².